The Morgan fingerprint density at radius 1 is 1.23 bits per heavy atom. The SMILES string of the molecule is Cc1occc1-c1nnc(SCc2csc(-c3ccc(F)cc3)n2)n1N. The fraction of sp³-hybridized carbons (Fsp3) is 0.118. The number of thioether (sulfide) groups is 1. The van der Waals surface area contributed by atoms with Gasteiger partial charge < -0.3 is 10.3 Å². The summed E-state index contributed by atoms with van der Waals surface area (Å²) in [6.45, 7) is 1.85. The number of aryl methyl sites for hydroxylation is 1. The average molecular weight is 387 g/mol. The molecule has 26 heavy (non-hydrogen) atoms. The van der Waals surface area contributed by atoms with Crippen LogP contribution in [0.5, 0.6) is 0 Å². The minimum atomic E-state index is -0.257. The molecule has 0 aliphatic carbocycles. The van der Waals surface area contributed by atoms with Gasteiger partial charge in [0.25, 0.3) is 0 Å². The molecule has 0 fully saturated rings. The van der Waals surface area contributed by atoms with Gasteiger partial charge in [0.05, 0.1) is 17.5 Å². The Morgan fingerprint density at radius 3 is 2.77 bits per heavy atom. The van der Waals surface area contributed by atoms with E-state index in [2.05, 4.69) is 15.2 Å². The van der Waals surface area contributed by atoms with Crippen LogP contribution in [0.2, 0.25) is 0 Å². The molecular weight excluding hydrogens is 373 g/mol. The predicted molar refractivity (Wildman–Crippen MR) is 99.7 cm³/mol. The first-order valence-electron chi connectivity index (χ1n) is 7.70. The highest BCUT2D eigenvalue weighted by Crippen LogP contribution is 2.29. The number of halogens is 1. The van der Waals surface area contributed by atoms with Crippen molar-refractivity contribution in [3.8, 4) is 22.0 Å². The van der Waals surface area contributed by atoms with Gasteiger partial charge in [-0.1, -0.05) is 11.8 Å². The Hall–Kier alpha value is -2.65. The monoisotopic (exact) mass is 387 g/mol. The molecule has 1 aromatic carbocycles. The van der Waals surface area contributed by atoms with Crippen molar-refractivity contribution < 1.29 is 8.81 Å². The average Bonchev–Trinajstić information content (AvgIpc) is 3.35. The van der Waals surface area contributed by atoms with E-state index in [1.807, 2.05) is 18.4 Å². The molecule has 9 heteroatoms. The van der Waals surface area contributed by atoms with Gasteiger partial charge in [-0.05, 0) is 37.3 Å². The molecule has 3 heterocycles. The molecule has 0 saturated heterocycles. The van der Waals surface area contributed by atoms with Crippen LogP contribution in [0, 0.1) is 12.7 Å². The van der Waals surface area contributed by atoms with Crippen molar-refractivity contribution in [1.82, 2.24) is 19.9 Å². The molecule has 0 spiro atoms. The van der Waals surface area contributed by atoms with Crippen molar-refractivity contribution in [2.75, 3.05) is 5.84 Å². The van der Waals surface area contributed by atoms with Crippen molar-refractivity contribution >= 4 is 23.1 Å². The van der Waals surface area contributed by atoms with Crippen molar-refractivity contribution in [3.05, 3.63) is 59.2 Å². The highest BCUT2D eigenvalue weighted by atomic mass is 32.2. The quantitative estimate of drug-likeness (QED) is 0.410. The summed E-state index contributed by atoms with van der Waals surface area (Å²) in [4.78, 5) is 4.59. The van der Waals surface area contributed by atoms with E-state index in [0.717, 1.165) is 27.6 Å². The number of nitrogens with zero attached hydrogens (tertiary/aromatic N) is 4. The molecule has 0 bridgehead atoms. The zero-order valence-electron chi connectivity index (χ0n) is 13.7. The maximum absolute atomic E-state index is 13.0. The summed E-state index contributed by atoms with van der Waals surface area (Å²) in [5.41, 5.74) is 2.62. The Labute approximate surface area is 156 Å². The van der Waals surface area contributed by atoms with Crippen LogP contribution in [0.1, 0.15) is 11.5 Å². The largest absolute Gasteiger partial charge is 0.469 e. The van der Waals surface area contributed by atoms with Gasteiger partial charge in [-0.2, -0.15) is 0 Å². The van der Waals surface area contributed by atoms with Gasteiger partial charge in [0.2, 0.25) is 5.16 Å². The number of hydrogen-bond acceptors (Lipinski definition) is 7. The zero-order chi connectivity index (χ0) is 18.1. The van der Waals surface area contributed by atoms with E-state index >= 15 is 0 Å². The summed E-state index contributed by atoms with van der Waals surface area (Å²) in [6.07, 6.45) is 1.60. The second-order valence-electron chi connectivity index (χ2n) is 5.51. The molecule has 0 radical (unpaired) electrons. The minimum absolute atomic E-state index is 0.257. The third-order valence-electron chi connectivity index (χ3n) is 3.76. The maximum Gasteiger partial charge on any atom is 0.210 e. The van der Waals surface area contributed by atoms with Gasteiger partial charge in [0, 0.05) is 16.7 Å². The van der Waals surface area contributed by atoms with E-state index in [1.165, 1.54) is 39.9 Å². The van der Waals surface area contributed by atoms with Crippen molar-refractivity contribution in [2.45, 2.75) is 17.8 Å². The van der Waals surface area contributed by atoms with Crippen LogP contribution in [0.3, 0.4) is 0 Å². The number of furan rings is 1. The number of nitrogens with two attached hydrogens (primary N) is 1. The third-order valence-corrected chi connectivity index (χ3v) is 5.67. The van der Waals surface area contributed by atoms with E-state index < -0.39 is 0 Å². The van der Waals surface area contributed by atoms with Crippen molar-refractivity contribution in [3.63, 3.8) is 0 Å². The van der Waals surface area contributed by atoms with Crippen LogP contribution < -0.4 is 5.84 Å². The maximum atomic E-state index is 13.0. The number of thiazole rings is 1. The Kier molecular flexibility index (Phi) is 4.48. The summed E-state index contributed by atoms with van der Waals surface area (Å²) in [5, 5.41) is 11.7. The predicted octanol–water partition coefficient (Wildman–Crippen LogP) is 4.12. The molecule has 4 aromatic rings. The number of rotatable bonds is 5. The van der Waals surface area contributed by atoms with Crippen LogP contribution in [-0.2, 0) is 5.75 Å². The summed E-state index contributed by atoms with van der Waals surface area (Å²) < 4.78 is 19.8. The molecular formula is C17H14FN5OS2. The van der Waals surface area contributed by atoms with E-state index in [0.29, 0.717) is 16.7 Å². The Bertz CT molecular complexity index is 1040. The van der Waals surface area contributed by atoms with Gasteiger partial charge in [-0.25, -0.2) is 14.1 Å². The standard InChI is InChI=1S/C17H14FN5OS2/c1-10-14(6-7-24-10)15-21-22-17(23(15)19)26-9-13-8-25-16(20-13)11-2-4-12(18)5-3-11/h2-8H,9,19H2,1H3. The van der Waals surface area contributed by atoms with Crippen molar-refractivity contribution in [1.29, 1.82) is 0 Å². The molecule has 3 aromatic heterocycles. The first kappa shape index (κ1) is 16.8. The highest BCUT2D eigenvalue weighted by molar-refractivity contribution is 7.98. The van der Waals surface area contributed by atoms with Crippen LogP contribution >= 0.6 is 23.1 Å². The van der Waals surface area contributed by atoms with Crippen LogP contribution in [0.25, 0.3) is 22.0 Å². The lowest BCUT2D eigenvalue weighted by Gasteiger charge is -2.02. The van der Waals surface area contributed by atoms with E-state index in [-0.39, 0.29) is 5.82 Å². The lowest BCUT2D eigenvalue weighted by atomic mass is 10.2. The number of nitrogen functional groups attached to an aromatic ring is 1. The molecule has 0 saturated carbocycles. The molecule has 4 rings (SSSR count). The topological polar surface area (TPSA) is 82.8 Å². The Balaban J connectivity index is 1.48. The number of benzene rings is 1. The molecule has 2 N–H and O–H groups in total. The number of aromatic nitrogens is 4. The van der Waals surface area contributed by atoms with Crippen LogP contribution in [0.4, 0.5) is 4.39 Å². The normalized spacial score (nSPS) is 11.2. The fourth-order valence-electron chi connectivity index (χ4n) is 2.41. The lowest BCUT2D eigenvalue weighted by Crippen LogP contribution is -2.11. The van der Waals surface area contributed by atoms with Gasteiger partial charge >= 0.3 is 0 Å². The molecule has 0 amide bonds. The van der Waals surface area contributed by atoms with Crippen LogP contribution in [-0.4, -0.2) is 19.9 Å². The molecule has 6 nitrogen and oxygen atoms in total. The number of hydrogen-bond donors (Lipinski definition) is 1. The molecule has 0 atom stereocenters. The second-order valence-corrected chi connectivity index (χ2v) is 7.31. The van der Waals surface area contributed by atoms with Gasteiger partial charge in [0.15, 0.2) is 5.82 Å². The van der Waals surface area contributed by atoms with Gasteiger partial charge in [-0.15, -0.1) is 21.5 Å². The summed E-state index contributed by atoms with van der Waals surface area (Å²) in [6, 6.07) is 8.12. The fourth-order valence-corrected chi connectivity index (χ4v) is 4.09. The molecule has 132 valence electrons. The first-order valence-corrected chi connectivity index (χ1v) is 9.56. The molecule has 0 unspecified atom stereocenters. The first-order chi connectivity index (χ1) is 12.6. The third kappa shape index (κ3) is 3.23. The van der Waals surface area contributed by atoms with E-state index in [4.69, 9.17) is 10.3 Å². The minimum Gasteiger partial charge on any atom is -0.469 e. The summed E-state index contributed by atoms with van der Waals surface area (Å²) >= 11 is 2.97. The second kappa shape index (κ2) is 6.93. The molecule has 0 aliphatic rings. The van der Waals surface area contributed by atoms with Crippen LogP contribution in [0.15, 0.2) is 51.5 Å². The van der Waals surface area contributed by atoms with Gasteiger partial charge in [0.1, 0.15) is 16.6 Å². The van der Waals surface area contributed by atoms with E-state index in [9.17, 15) is 4.39 Å². The smallest absolute Gasteiger partial charge is 0.210 e. The summed E-state index contributed by atoms with van der Waals surface area (Å²) in [5.74, 6) is 7.76. The van der Waals surface area contributed by atoms with Crippen molar-refractivity contribution in [2.24, 2.45) is 0 Å². The van der Waals surface area contributed by atoms with E-state index in [1.54, 1.807) is 18.4 Å². The summed E-state index contributed by atoms with van der Waals surface area (Å²) in [7, 11) is 0. The highest BCUT2D eigenvalue weighted by Gasteiger charge is 2.16. The lowest BCUT2D eigenvalue weighted by molar-refractivity contribution is 0.535. The van der Waals surface area contributed by atoms with Gasteiger partial charge in [-0.3, -0.25) is 0 Å². The molecule has 0 aliphatic heterocycles. The zero-order valence-corrected chi connectivity index (χ0v) is 15.4. The Morgan fingerprint density at radius 2 is 2.04 bits per heavy atom.